The van der Waals surface area contributed by atoms with Crippen molar-refractivity contribution in [3.63, 3.8) is 0 Å². The molecule has 0 atom stereocenters. The van der Waals surface area contributed by atoms with Crippen molar-refractivity contribution in [3.05, 3.63) is 27.4 Å². The highest BCUT2D eigenvalue weighted by molar-refractivity contribution is 7.15. The summed E-state index contributed by atoms with van der Waals surface area (Å²) in [6, 6.07) is 5.02. The Morgan fingerprint density at radius 1 is 1.35 bits per heavy atom. The van der Waals surface area contributed by atoms with Crippen LogP contribution in [0.4, 0.5) is 5.13 Å². The van der Waals surface area contributed by atoms with E-state index in [1.807, 2.05) is 11.3 Å². The molecule has 1 fully saturated rings. The molecule has 1 aliphatic rings. The number of thiophene rings is 1. The smallest absolute Gasteiger partial charge is 0.203 e. The third-order valence-electron chi connectivity index (χ3n) is 2.82. The minimum Gasteiger partial charge on any atom is -0.374 e. The molecule has 0 aromatic carbocycles. The number of hydrogen-bond acceptors (Lipinski definition) is 6. The first-order valence-corrected chi connectivity index (χ1v) is 7.35. The molecule has 0 spiro atoms. The van der Waals surface area contributed by atoms with Crippen molar-refractivity contribution in [1.29, 1.82) is 0 Å². The van der Waals surface area contributed by atoms with Crippen LogP contribution < -0.4 is 5.73 Å². The number of anilines is 1. The SMILES string of the molecule is Nc1nnc(CN(Cc2cccs2)C2CC2)s1. The third-order valence-corrected chi connectivity index (χ3v) is 4.42. The van der Waals surface area contributed by atoms with E-state index in [1.165, 1.54) is 29.1 Å². The van der Waals surface area contributed by atoms with Crippen LogP contribution in [0.2, 0.25) is 0 Å². The lowest BCUT2D eigenvalue weighted by molar-refractivity contribution is 0.247. The normalized spacial score (nSPS) is 15.6. The highest BCUT2D eigenvalue weighted by atomic mass is 32.1. The molecule has 6 heteroatoms. The molecule has 1 saturated carbocycles. The van der Waals surface area contributed by atoms with Gasteiger partial charge in [0, 0.05) is 17.5 Å². The van der Waals surface area contributed by atoms with Gasteiger partial charge in [0.05, 0.1) is 6.54 Å². The van der Waals surface area contributed by atoms with Crippen molar-refractivity contribution in [2.45, 2.75) is 32.0 Å². The van der Waals surface area contributed by atoms with E-state index in [0.29, 0.717) is 5.13 Å². The van der Waals surface area contributed by atoms with Gasteiger partial charge in [-0.3, -0.25) is 4.90 Å². The molecule has 0 unspecified atom stereocenters. The van der Waals surface area contributed by atoms with Crippen molar-refractivity contribution >= 4 is 27.8 Å². The first kappa shape index (κ1) is 11.1. The van der Waals surface area contributed by atoms with E-state index in [9.17, 15) is 0 Å². The van der Waals surface area contributed by atoms with E-state index < -0.39 is 0 Å². The zero-order valence-corrected chi connectivity index (χ0v) is 11.0. The minimum atomic E-state index is 0.562. The van der Waals surface area contributed by atoms with Gasteiger partial charge in [-0.15, -0.1) is 21.5 Å². The Morgan fingerprint density at radius 2 is 2.24 bits per heavy atom. The predicted octanol–water partition coefficient (Wildman–Crippen LogP) is 2.35. The average molecular weight is 266 g/mol. The molecular weight excluding hydrogens is 252 g/mol. The summed E-state index contributed by atoms with van der Waals surface area (Å²) in [5.41, 5.74) is 5.61. The highest BCUT2D eigenvalue weighted by Crippen LogP contribution is 2.31. The number of hydrogen-bond donors (Lipinski definition) is 1. The van der Waals surface area contributed by atoms with Crippen LogP contribution in [-0.2, 0) is 13.1 Å². The highest BCUT2D eigenvalue weighted by Gasteiger charge is 2.29. The van der Waals surface area contributed by atoms with Gasteiger partial charge in [-0.25, -0.2) is 0 Å². The maximum absolute atomic E-state index is 5.61. The molecule has 0 saturated heterocycles. The fourth-order valence-corrected chi connectivity index (χ4v) is 3.23. The first-order valence-electron chi connectivity index (χ1n) is 5.65. The molecule has 3 rings (SSSR count). The van der Waals surface area contributed by atoms with E-state index in [4.69, 9.17) is 5.73 Å². The summed E-state index contributed by atoms with van der Waals surface area (Å²) in [6.45, 7) is 1.89. The van der Waals surface area contributed by atoms with Crippen LogP contribution in [0, 0.1) is 0 Å². The van der Waals surface area contributed by atoms with Gasteiger partial charge in [0.1, 0.15) is 5.01 Å². The van der Waals surface area contributed by atoms with Crippen molar-refractivity contribution in [2.24, 2.45) is 0 Å². The largest absolute Gasteiger partial charge is 0.374 e. The van der Waals surface area contributed by atoms with Crippen LogP contribution in [0.15, 0.2) is 17.5 Å². The third kappa shape index (κ3) is 2.83. The molecule has 2 N–H and O–H groups in total. The second-order valence-electron chi connectivity index (χ2n) is 4.25. The average Bonchev–Trinajstić information content (AvgIpc) is 2.89. The Bertz CT molecular complexity index is 475. The van der Waals surface area contributed by atoms with Crippen molar-refractivity contribution in [1.82, 2.24) is 15.1 Å². The fourth-order valence-electron chi connectivity index (χ4n) is 1.86. The molecule has 2 aromatic rings. The Labute approximate surface area is 108 Å². The van der Waals surface area contributed by atoms with E-state index in [-0.39, 0.29) is 0 Å². The van der Waals surface area contributed by atoms with Crippen LogP contribution in [0.3, 0.4) is 0 Å². The van der Waals surface area contributed by atoms with Gasteiger partial charge in [0.2, 0.25) is 5.13 Å². The van der Waals surface area contributed by atoms with E-state index >= 15 is 0 Å². The van der Waals surface area contributed by atoms with E-state index in [2.05, 4.69) is 32.6 Å². The molecule has 0 bridgehead atoms. The second kappa shape index (κ2) is 4.72. The monoisotopic (exact) mass is 266 g/mol. The molecule has 90 valence electrons. The lowest BCUT2D eigenvalue weighted by Gasteiger charge is -2.19. The Hall–Kier alpha value is -0.980. The number of nitrogens with two attached hydrogens (primary N) is 1. The van der Waals surface area contributed by atoms with E-state index in [0.717, 1.165) is 24.1 Å². The van der Waals surface area contributed by atoms with Gasteiger partial charge < -0.3 is 5.73 Å². The van der Waals surface area contributed by atoms with Crippen molar-refractivity contribution in [2.75, 3.05) is 5.73 Å². The topological polar surface area (TPSA) is 55.0 Å². The molecule has 17 heavy (non-hydrogen) atoms. The van der Waals surface area contributed by atoms with Crippen LogP contribution in [-0.4, -0.2) is 21.1 Å². The fraction of sp³-hybridized carbons (Fsp3) is 0.455. The van der Waals surface area contributed by atoms with Gasteiger partial charge >= 0.3 is 0 Å². The lowest BCUT2D eigenvalue weighted by atomic mass is 10.4. The Morgan fingerprint density at radius 3 is 2.82 bits per heavy atom. The van der Waals surface area contributed by atoms with Gasteiger partial charge in [0.25, 0.3) is 0 Å². The van der Waals surface area contributed by atoms with Gasteiger partial charge in [0.15, 0.2) is 0 Å². The van der Waals surface area contributed by atoms with Crippen molar-refractivity contribution in [3.8, 4) is 0 Å². The molecule has 2 aromatic heterocycles. The number of nitrogens with zero attached hydrogens (tertiary/aromatic N) is 3. The quantitative estimate of drug-likeness (QED) is 0.902. The van der Waals surface area contributed by atoms with Crippen LogP contribution in [0.1, 0.15) is 22.7 Å². The summed E-state index contributed by atoms with van der Waals surface area (Å²) < 4.78 is 0. The van der Waals surface area contributed by atoms with Gasteiger partial charge in [-0.1, -0.05) is 17.4 Å². The first-order chi connectivity index (χ1) is 8.31. The standard InChI is InChI=1S/C11H14N4S2/c12-11-14-13-10(17-11)7-15(8-3-4-8)6-9-2-1-5-16-9/h1-2,5,8H,3-4,6-7H2,(H2,12,14). The van der Waals surface area contributed by atoms with Gasteiger partial charge in [-0.05, 0) is 24.3 Å². The molecule has 0 amide bonds. The summed E-state index contributed by atoms with van der Waals surface area (Å²) in [5.74, 6) is 0. The molecule has 1 aliphatic carbocycles. The summed E-state index contributed by atoms with van der Waals surface area (Å²) in [7, 11) is 0. The number of nitrogen functional groups attached to an aromatic ring is 1. The molecule has 0 aliphatic heterocycles. The molecule has 0 radical (unpaired) electrons. The predicted molar refractivity (Wildman–Crippen MR) is 70.9 cm³/mol. The molecule has 4 nitrogen and oxygen atoms in total. The molecular formula is C11H14N4S2. The summed E-state index contributed by atoms with van der Waals surface area (Å²) in [5, 5.41) is 11.7. The van der Waals surface area contributed by atoms with Crippen molar-refractivity contribution < 1.29 is 0 Å². The number of rotatable bonds is 5. The Balaban J connectivity index is 1.68. The summed E-state index contributed by atoms with van der Waals surface area (Å²) in [4.78, 5) is 3.89. The minimum absolute atomic E-state index is 0.562. The molecule has 2 heterocycles. The van der Waals surface area contributed by atoms with Crippen LogP contribution in [0.5, 0.6) is 0 Å². The lowest BCUT2D eigenvalue weighted by Crippen LogP contribution is -2.24. The maximum atomic E-state index is 5.61. The summed E-state index contributed by atoms with van der Waals surface area (Å²) >= 11 is 3.30. The van der Waals surface area contributed by atoms with Crippen LogP contribution in [0.25, 0.3) is 0 Å². The van der Waals surface area contributed by atoms with E-state index in [1.54, 1.807) is 0 Å². The van der Waals surface area contributed by atoms with Crippen LogP contribution >= 0.6 is 22.7 Å². The maximum Gasteiger partial charge on any atom is 0.203 e. The van der Waals surface area contributed by atoms with Gasteiger partial charge in [-0.2, -0.15) is 0 Å². The second-order valence-corrected chi connectivity index (χ2v) is 6.38. The zero-order valence-electron chi connectivity index (χ0n) is 9.37. The summed E-state index contributed by atoms with van der Waals surface area (Å²) in [6.07, 6.45) is 2.61. The Kier molecular flexibility index (Phi) is 3.09. The zero-order chi connectivity index (χ0) is 11.7. The number of aromatic nitrogens is 2.